The molecule has 1 unspecified atom stereocenters. The first kappa shape index (κ1) is 18.9. The van der Waals surface area contributed by atoms with Crippen LogP contribution in [-0.2, 0) is 0 Å². The van der Waals surface area contributed by atoms with E-state index in [4.69, 9.17) is 14.2 Å². The first-order valence-electron chi connectivity index (χ1n) is 9.78. The SMILES string of the molecule is Cc1cc(OC[C@@H]2CCN(C(C)c3nc4c(cc3F)OCCO4)C2)cc(C)n1. The van der Waals surface area contributed by atoms with Gasteiger partial charge in [0.1, 0.15) is 24.8 Å². The minimum absolute atomic E-state index is 0.133. The first-order chi connectivity index (χ1) is 13.5. The van der Waals surface area contributed by atoms with Crippen molar-refractivity contribution in [3.05, 3.63) is 41.1 Å². The Hall–Kier alpha value is -2.41. The van der Waals surface area contributed by atoms with Gasteiger partial charge in [-0.25, -0.2) is 9.37 Å². The molecule has 0 amide bonds. The number of ether oxygens (including phenoxy) is 3. The molecule has 2 aromatic rings. The molecule has 0 bridgehead atoms. The van der Waals surface area contributed by atoms with Crippen LogP contribution in [0.3, 0.4) is 0 Å². The lowest BCUT2D eigenvalue weighted by Gasteiger charge is -2.26. The largest absolute Gasteiger partial charge is 0.493 e. The summed E-state index contributed by atoms with van der Waals surface area (Å²) < 4.78 is 31.5. The zero-order valence-electron chi connectivity index (χ0n) is 16.6. The molecule has 1 fully saturated rings. The molecule has 2 aliphatic heterocycles. The van der Waals surface area contributed by atoms with Crippen molar-refractivity contribution in [1.29, 1.82) is 0 Å². The third kappa shape index (κ3) is 4.04. The highest BCUT2D eigenvalue weighted by Crippen LogP contribution is 2.34. The predicted octanol–water partition coefficient (Wildman–Crippen LogP) is 3.47. The lowest BCUT2D eigenvalue weighted by Crippen LogP contribution is -2.27. The van der Waals surface area contributed by atoms with Crippen molar-refractivity contribution in [3.63, 3.8) is 0 Å². The monoisotopic (exact) mass is 387 g/mol. The summed E-state index contributed by atoms with van der Waals surface area (Å²) in [6.07, 6.45) is 1.01. The van der Waals surface area contributed by atoms with Crippen LogP contribution < -0.4 is 14.2 Å². The summed E-state index contributed by atoms with van der Waals surface area (Å²) in [5.74, 6) is 1.68. The fourth-order valence-corrected chi connectivity index (χ4v) is 3.88. The van der Waals surface area contributed by atoms with E-state index < -0.39 is 0 Å². The van der Waals surface area contributed by atoms with Gasteiger partial charge in [-0.1, -0.05) is 0 Å². The lowest BCUT2D eigenvalue weighted by molar-refractivity contribution is 0.159. The van der Waals surface area contributed by atoms with E-state index in [2.05, 4.69) is 14.9 Å². The number of hydrogen-bond acceptors (Lipinski definition) is 6. The number of rotatable bonds is 5. The molecular weight excluding hydrogens is 361 g/mol. The van der Waals surface area contributed by atoms with Crippen molar-refractivity contribution >= 4 is 0 Å². The lowest BCUT2D eigenvalue weighted by atomic mass is 10.1. The van der Waals surface area contributed by atoms with Gasteiger partial charge in [-0.15, -0.1) is 0 Å². The highest BCUT2D eigenvalue weighted by molar-refractivity contribution is 5.37. The Labute approximate surface area is 164 Å². The molecule has 0 saturated carbocycles. The number of nitrogens with zero attached hydrogens (tertiary/aromatic N) is 3. The van der Waals surface area contributed by atoms with Crippen molar-refractivity contribution in [1.82, 2.24) is 14.9 Å². The third-order valence-electron chi connectivity index (χ3n) is 5.32. The normalized spacial score (nSPS) is 20.2. The van der Waals surface area contributed by atoms with Crippen LogP contribution in [-0.4, -0.2) is 47.8 Å². The van der Waals surface area contributed by atoms with Gasteiger partial charge in [-0.3, -0.25) is 9.88 Å². The average Bonchev–Trinajstić information content (AvgIpc) is 3.13. The second-order valence-electron chi connectivity index (χ2n) is 7.58. The van der Waals surface area contributed by atoms with Crippen molar-refractivity contribution < 1.29 is 18.6 Å². The van der Waals surface area contributed by atoms with E-state index in [0.717, 1.165) is 36.6 Å². The summed E-state index contributed by atoms with van der Waals surface area (Å²) in [5.41, 5.74) is 2.32. The van der Waals surface area contributed by atoms with Gasteiger partial charge >= 0.3 is 0 Å². The zero-order chi connectivity index (χ0) is 19.7. The standard InChI is InChI=1S/C21H26FN3O3/c1-13-8-17(9-14(2)23-13)28-12-16-4-5-25(11-16)15(3)20-18(22)10-19-21(24-20)27-7-6-26-19/h8-10,15-16H,4-7,11-12H2,1-3H3/t15?,16-/m1/s1. The highest BCUT2D eigenvalue weighted by atomic mass is 19.1. The van der Waals surface area contributed by atoms with Crippen molar-refractivity contribution in [2.75, 3.05) is 32.9 Å². The van der Waals surface area contributed by atoms with E-state index >= 15 is 0 Å². The zero-order valence-corrected chi connectivity index (χ0v) is 16.6. The maximum atomic E-state index is 14.6. The molecule has 0 spiro atoms. The Morgan fingerprint density at radius 2 is 1.93 bits per heavy atom. The molecule has 7 heteroatoms. The van der Waals surface area contributed by atoms with E-state index in [9.17, 15) is 4.39 Å². The maximum absolute atomic E-state index is 14.6. The highest BCUT2D eigenvalue weighted by Gasteiger charge is 2.30. The first-order valence-corrected chi connectivity index (χ1v) is 9.78. The van der Waals surface area contributed by atoms with Crippen molar-refractivity contribution in [3.8, 4) is 17.4 Å². The second-order valence-corrected chi connectivity index (χ2v) is 7.58. The summed E-state index contributed by atoms with van der Waals surface area (Å²) in [5, 5.41) is 0. The van der Waals surface area contributed by atoms with Crippen molar-refractivity contribution in [2.24, 2.45) is 5.92 Å². The van der Waals surface area contributed by atoms with Gasteiger partial charge in [0.05, 0.1) is 18.3 Å². The Morgan fingerprint density at radius 1 is 1.18 bits per heavy atom. The van der Waals surface area contributed by atoms with Gasteiger partial charge in [0.2, 0.25) is 0 Å². The molecule has 1 saturated heterocycles. The predicted molar refractivity (Wildman–Crippen MR) is 102 cm³/mol. The third-order valence-corrected chi connectivity index (χ3v) is 5.32. The van der Waals surface area contributed by atoms with Gasteiger partial charge in [-0.2, -0.15) is 0 Å². The van der Waals surface area contributed by atoms with Crippen LogP contribution in [0.4, 0.5) is 4.39 Å². The Kier molecular flexibility index (Phi) is 5.35. The van der Waals surface area contributed by atoms with E-state index in [1.807, 2.05) is 32.9 Å². The maximum Gasteiger partial charge on any atom is 0.257 e. The van der Waals surface area contributed by atoms with Crippen molar-refractivity contribution in [2.45, 2.75) is 33.2 Å². The van der Waals surface area contributed by atoms with Gasteiger partial charge in [0.15, 0.2) is 5.75 Å². The molecule has 2 aromatic heterocycles. The second kappa shape index (κ2) is 7.91. The van der Waals surface area contributed by atoms with Gasteiger partial charge in [-0.05, 0) is 33.7 Å². The molecule has 2 aliphatic rings. The van der Waals surface area contributed by atoms with E-state index in [1.54, 1.807) is 0 Å². The van der Waals surface area contributed by atoms with Gasteiger partial charge in [0, 0.05) is 42.0 Å². The fraction of sp³-hybridized carbons (Fsp3) is 0.524. The number of aromatic nitrogens is 2. The molecular formula is C21H26FN3O3. The quantitative estimate of drug-likeness (QED) is 0.783. The number of fused-ring (bicyclic) bond motifs is 1. The molecule has 4 heterocycles. The molecule has 0 radical (unpaired) electrons. The minimum Gasteiger partial charge on any atom is -0.493 e. The smallest absolute Gasteiger partial charge is 0.257 e. The number of likely N-dealkylation sites (tertiary alicyclic amines) is 1. The molecule has 4 rings (SSSR count). The molecule has 0 aliphatic carbocycles. The molecule has 150 valence electrons. The van der Waals surface area contributed by atoms with Gasteiger partial charge < -0.3 is 14.2 Å². The van der Waals surface area contributed by atoms with Crippen LogP contribution in [0.2, 0.25) is 0 Å². The number of hydrogen-bond donors (Lipinski definition) is 0. The fourth-order valence-electron chi connectivity index (χ4n) is 3.88. The van der Waals surface area contributed by atoms with Crippen LogP contribution >= 0.6 is 0 Å². The summed E-state index contributed by atoms with van der Waals surface area (Å²) in [4.78, 5) is 11.0. The Bertz CT molecular complexity index is 841. The van der Waals surface area contributed by atoms with Crippen LogP contribution in [0.15, 0.2) is 18.2 Å². The van der Waals surface area contributed by atoms with Crippen LogP contribution in [0.5, 0.6) is 17.4 Å². The van der Waals surface area contributed by atoms with E-state index in [1.165, 1.54) is 6.07 Å². The summed E-state index contributed by atoms with van der Waals surface area (Å²) >= 11 is 0. The number of halogens is 1. The van der Waals surface area contributed by atoms with E-state index in [0.29, 0.717) is 43.1 Å². The summed E-state index contributed by atoms with van der Waals surface area (Å²) in [6, 6.07) is 5.16. The molecule has 2 atom stereocenters. The Balaban J connectivity index is 1.38. The van der Waals surface area contributed by atoms with E-state index in [-0.39, 0.29) is 11.9 Å². The topological polar surface area (TPSA) is 56.7 Å². The molecule has 6 nitrogen and oxygen atoms in total. The van der Waals surface area contributed by atoms with Crippen LogP contribution in [0, 0.1) is 25.6 Å². The molecule has 0 N–H and O–H groups in total. The van der Waals surface area contributed by atoms with Gasteiger partial charge in [0.25, 0.3) is 5.88 Å². The van der Waals surface area contributed by atoms with Crippen LogP contribution in [0.25, 0.3) is 0 Å². The van der Waals surface area contributed by atoms with Crippen LogP contribution in [0.1, 0.15) is 36.5 Å². The molecule has 0 aromatic carbocycles. The minimum atomic E-state index is -0.348. The summed E-state index contributed by atoms with van der Waals surface area (Å²) in [7, 11) is 0. The number of aryl methyl sites for hydroxylation is 2. The Morgan fingerprint density at radius 3 is 2.71 bits per heavy atom. The summed E-state index contributed by atoms with van der Waals surface area (Å²) in [6.45, 7) is 9.16. The average molecular weight is 387 g/mol. The number of pyridine rings is 2. The molecule has 28 heavy (non-hydrogen) atoms.